The number of hydrogen-bond acceptors (Lipinski definition) is 4. The van der Waals surface area contributed by atoms with Crippen molar-refractivity contribution in [3.05, 3.63) is 59.9 Å². The van der Waals surface area contributed by atoms with Gasteiger partial charge in [-0.15, -0.1) is 0 Å². The summed E-state index contributed by atoms with van der Waals surface area (Å²) in [6, 6.07) is 10.3. The maximum absolute atomic E-state index is 12.4. The molecule has 0 saturated heterocycles. The lowest BCUT2D eigenvalue weighted by atomic mass is 10.1. The van der Waals surface area contributed by atoms with E-state index in [1.54, 1.807) is 42.6 Å². The van der Waals surface area contributed by atoms with E-state index < -0.39 is 10.0 Å². The lowest BCUT2D eigenvalue weighted by Crippen LogP contribution is -2.28. The highest BCUT2D eigenvalue weighted by Gasteiger charge is 2.19. The minimum Gasteiger partial charge on any atom is -0.389 e. The van der Waals surface area contributed by atoms with Crippen LogP contribution in [0.15, 0.2) is 48.8 Å². The van der Waals surface area contributed by atoms with E-state index in [0.717, 1.165) is 0 Å². The number of benzene rings is 1. The van der Waals surface area contributed by atoms with E-state index in [2.05, 4.69) is 4.98 Å². The molecule has 0 spiro atoms. The SMILES string of the molecule is CN(c1cccnc1)S(=O)(=O)Cc1cccc(C(N)=S)c1. The lowest BCUT2D eigenvalue weighted by molar-refractivity contribution is 0.593. The predicted molar refractivity (Wildman–Crippen MR) is 87.6 cm³/mol. The van der Waals surface area contributed by atoms with Crippen LogP contribution in [-0.4, -0.2) is 25.4 Å². The van der Waals surface area contributed by atoms with Crippen LogP contribution in [0.5, 0.6) is 0 Å². The molecule has 0 aliphatic carbocycles. The standard InChI is InChI=1S/C14H15N3O2S2/c1-17(13-6-3-7-16-9-13)21(18,19)10-11-4-2-5-12(8-11)14(15)20/h2-9H,10H2,1H3,(H2,15,20). The molecule has 1 heterocycles. The van der Waals surface area contributed by atoms with E-state index in [1.165, 1.54) is 17.5 Å². The average Bonchev–Trinajstić information content (AvgIpc) is 2.47. The van der Waals surface area contributed by atoms with Crippen molar-refractivity contribution in [1.29, 1.82) is 0 Å². The quantitative estimate of drug-likeness (QED) is 0.848. The van der Waals surface area contributed by atoms with Gasteiger partial charge < -0.3 is 5.73 Å². The number of aromatic nitrogens is 1. The van der Waals surface area contributed by atoms with Crippen molar-refractivity contribution in [1.82, 2.24) is 4.98 Å². The number of nitrogens with zero attached hydrogens (tertiary/aromatic N) is 2. The first-order valence-corrected chi connectivity index (χ1v) is 8.17. The smallest absolute Gasteiger partial charge is 0.239 e. The lowest BCUT2D eigenvalue weighted by Gasteiger charge is -2.19. The Bertz CT molecular complexity index is 746. The molecule has 2 aromatic rings. The molecule has 0 aliphatic rings. The second-order valence-corrected chi connectivity index (χ2v) is 6.94. The molecule has 0 amide bonds. The molecule has 110 valence electrons. The molecular formula is C14H15N3O2S2. The van der Waals surface area contributed by atoms with E-state index in [1.807, 2.05) is 0 Å². The molecule has 5 nitrogen and oxygen atoms in total. The number of anilines is 1. The van der Waals surface area contributed by atoms with Gasteiger partial charge in [-0.05, 0) is 23.8 Å². The predicted octanol–water partition coefficient (Wildman–Crippen LogP) is 1.68. The van der Waals surface area contributed by atoms with Crippen LogP contribution in [0.25, 0.3) is 0 Å². The summed E-state index contributed by atoms with van der Waals surface area (Å²) < 4.78 is 26.0. The van der Waals surface area contributed by atoms with Crippen LogP contribution in [0.3, 0.4) is 0 Å². The second-order valence-electron chi connectivity index (χ2n) is 4.50. The van der Waals surface area contributed by atoms with Gasteiger partial charge in [0, 0.05) is 18.8 Å². The van der Waals surface area contributed by atoms with Gasteiger partial charge in [-0.1, -0.05) is 30.4 Å². The van der Waals surface area contributed by atoms with Crippen molar-refractivity contribution in [2.75, 3.05) is 11.4 Å². The van der Waals surface area contributed by atoms with Gasteiger partial charge in [0.25, 0.3) is 0 Å². The fourth-order valence-electron chi connectivity index (χ4n) is 1.82. The molecule has 2 rings (SSSR count). The van der Waals surface area contributed by atoms with Gasteiger partial charge >= 0.3 is 0 Å². The minimum atomic E-state index is -3.50. The van der Waals surface area contributed by atoms with Gasteiger partial charge in [0.2, 0.25) is 10.0 Å². The molecular weight excluding hydrogens is 306 g/mol. The Morgan fingerprint density at radius 1 is 1.33 bits per heavy atom. The van der Waals surface area contributed by atoms with E-state index in [-0.39, 0.29) is 10.7 Å². The zero-order chi connectivity index (χ0) is 15.5. The third kappa shape index (κ3) is 3.77. The normalized spacial score (nSPS) is 11.1. The maximum Gasteiger partial charge on any atom is 0.239 e. The van der Waals surface area contributed by atoms with Crippen molar-refractivity contribution in [2.45, 2.75) is 5.75 Å². The first-order valence-electron chi connectivity index (χ1n) is 6.15. The van der Waals surface area contributed by atoms with E-state index >= 15 is 0 Å². The maximum atomic E-state index is 12.4. The van der Waals surface area contributed by atoms with Crippen molar-refractivity contribution >= 4 is 32.9 Å². The van der Waals surface area contributed by atoms with Crippen LogP contribution in [-0.2, 0) is 15.8 Å². The number of pyridine rings is 1. The Morgan fingerprint density at radius 3 is 2.71 bits per heavy atom. The summed E-state index contributed by atoms with van der Waals surface area (Å²) in [5.74, 6) is -0.130. The number of nitrogens with two attached hydrogens (primary N) is 1. The van der Waals surface area contributed by atoms with Crippen LogP contribution >= 0.6 is 12.2 Å². The summed E-state index contributed by atoms with van der Waals surface area (Å²) in [5.41, 5.74) is 7.37. The number of sulfonamides is 1. The van der Waals surface area contributed by atoms with Gasteiger partial charge in [0.15, 0.2) is 0 Å². The topological polar surface area (TPSA) is 76.3 Å². The zero-order valence-corrected chi connectivity index (χ0v) is 13.1. The van der Waals surface area contributed by atoms with Crippen LogP contribution < -0.4 is 10.0 Å². The molecule has 7 heteroatoms. The molecule has 0 aliphatic heterocycles. The monoisotopic (exact) mass is 321 g/mol. The molecule has 0 atom stereocenters. The minimum absolute atomic E-state index is 0.130. The van der Waals surface area contributed by atoms with Gasteiger partial charge in [-0.3, -0.25) is 9.29 Å². The first-order chi connectivity index (χ1) is 9.90. The largest absolute Gasteiger partial charge is 0.389 e. The zero-order valence-electron chi connectivity index (χ0n) is 11.4. The Kier molecular flexibility index (Phi) is 4.54. The van der Waals surface area contributed by atoms with Crippen LogP contribution in [0.2, 0.25) is 0 Å². The van der Waals surface area contributed by atoms with Crippen LogP contribution in [0, 0.1) is 0 Å². The fraction of sp³-hybridized carbons (Fsp3) is 0.143. The summed E-state index contributed by atoms with van der Waals surface area (Å²) in [6.45, 7) is 0. The number of thiocarbonyl (C=S) groups is 1. The third-order valence-electron chi connectivity index (χ3n) is 2.99. The summed E-state index contributed by atoms with van der Waals surface area (Å²) >= 11 is 4.90. The summed E-state index contributed by atoms with van der Waals surface area (Å²) in [5, 5.41) is 0. The summed E-state index contributed by atoms with van der Waals surface area (Å²) in [6.07, 6.45) is 3.10. The highest BCUT2D eigenvalue weighted by atomic mass is 32.2. The van der Waals surface area contributed by atoms with E-state index in [9.17, 15) is 8.42 Å². The highest BCUT2D eigenvalue weighted by molar-refractivity contribution is 7.92. The molecule has 21 heavy (non-hydrogen) atoms. The van der Waals surface area contributed by atoms with Crippen molar-refractivity contribution in [2.24, 2.45) is 5.73 Å². The van der Waals surface area contributed by atoms with Crippen LogP contribution in [0.1, 0.15) is 11.1 Å². The van der Waals surface area contributed by atoms with Gasteiger partial charge in [0.1, 0.15) is 4.99 Å². The third-order valence-corrected chi connectivity index (χ3v) is 4.97. The average molecular weight is 321 g/mol. The molecule has 0 unspecified atom stereocenters. The second kappa shape index (κ2) is 6.19. The Hall–Kier alpha value is -1.99. The van der Waals surface area contributed by atoms with Crippen molar-refractivity contribution < 1.29 is 8.42 Å². The fourth-order valence-corrected chi connectivity index (χ4v) is 3.17. The van der Waals surface area contributed by atoms with Gasteiger partial charge in [0.05, 0.1) is 17.6 Å². The molecule has 1 aromatic carbocycles. The van der Waals surface area contributed by atoms with Crippen LogP contribution in [0.4, 0.5) is 5.69 Å². The molecule has 2 N–H and O–H groups in total. The molecule has 0 saturated carbocycles. The summed E-state index contributed by atoms with van der Waals surface area (Å²) in [7, 11) is -2.00. The van der Waals surface area contributed by atoms with E-state index in [4.69, 9.17) is 18.0 Å². The van der Waals surface area contributed by atoms with Crippen molar-refractivity contribution in [3.8, 4) is 0 Å². The Labute approximate surface area is 129 Å². The molecule has 0 fully saturated rings. The van der Waals surface area contributed by atoms with Gasteiger partial charge in [-0.25, -0.2) is 8.42 Å². The van der Waals surface area contributed by atoms with Crippen molar-refractivity contribution in [3.63, 3.8) is 0 Å². The van der Waals surface area contributed by atoms with E-state index in [0.29, 0.717) is 16.8 Å². The Morgan fingerprint density at radius 2 is 2.10 bits per heavy atom. The molecule has 0 radical (unpaired) electrons. The first kappa shape index (κ1) is 15.4. The molecule has 0 bridgehead atoms. The number of rotatable bonds is 5. The molecule has 1 aromatic heterocycles. The highest BCUT2D eigenvalue weighted by Crippen LogP contribution is 2.18. The number of hydrogen-bond donors (Lipinski definition) is 1. The Balaban J connectivity index is 2.25. The van der Waals surface area contributed by atoms with Gasteiger partial charge in [-0.2, -0.15) is 0 Å². The summed E-state index contributed by atoms with van der Waals surface area (Å²) in [4.78, 5) is 4.17.